The molecule has 1 saturated heterocycles. The van der Waals surface area contributed by atoms with Crippen LogP contribution in [-0.2, 0) is 16.0 Å². The number of carbonyl (C=O) groups is 1. The van der Waals surface area contributed by atoms with Crippen molar-refractivity contribution in [1.29, 1.82) is 0 Å². The number of piperazine rings is 1. The van der Waals surface area contributed by atoms with Crippen molar-refractivity contribution >= 4 is 29.3 Å². The fourth-order valence-electron chi connectivity index (χ4n) is 2.44. The third-order valence-corrected chi connectivity index (χ3v) is 3.97. The monoisotopic (exact) mass is 307 g/mol. The first-order valence-corrected chi connectivity index (χ1v) is 7.22. The van der Waals surface area contributed by atoms with Crippen molar-refractivity contribution in [3.05, 3.63) is 28.3 Å². The minimum absolute atomic E-state index is 0.102. The van der Waals surface area contributed by atoms with E-state index in [2.05, 4.69) is 16.9 Å². The van der Waals surface area contributed by atoms with Crippen LogP contribution in [0.2, 0.25) is 5.02 Å². The summed E-state index contributed by atoms with van der Waals surface area (Å²) in [5.74, 6) is 0.102. The zero-order valence-corrected chi connectivity index (χ0v) is 13.0. The Balaban J connectivity index is 2.09. The number of amides is 1. The lowest BCUT2D eigenvalue weighted by atomic mass is 10.1. The topological polar surface area (TPSA) is 53.0 Å². The predicted molar refractivity (Wildman–Crippen MR) is 81.8 cm³/mol. The summed E-state index contributed by atoms with van der Waals surface area (Å²) in [6.45, 7) is 5.13. The van der Waals surface area contributed by atoms with Crippen molar-refractivity contribution in [3.8, 4) is 0 Å². The van der Waals surface area contributed by atoms with Crippen molar-refractivity contribution in [2.24, 2.45) is 4.99 Å². The second-order valence-corrected chi connectivity index (χ2v) is 5.71. The number of nitrogens with zero attached hydrogens (tertiary/aromatic N) is 3. The quantitative estimate of drug-likeness (QED) is 0.633. The van der Waals surface area contributed by atoms with Crippen molar-refractivity contribution in [2.75, 3.05) is 33.2 Å². The first-order chi connectivity index (χ1) is 10.0. The Bertz CT molecular complexity index is 566. The Hall–Kier alpha value is -1.68. The molecule has 5 nitrogen and oxygen atoms in total. The van der Waals surface area contributed by atoms with E-state index in [0.717, 1.165) is 37.3 Å². The average Bonchev–Trinajstić information content (AvgIpc) is 2.43. The zero-order valence-electron chi connectivity index (χ0n) is 12.2. The van der Waals surface area contributed by atoms with E-state index in [1.54, 1.807) is 6.07 Å². The van der Waals surface area contributed by atoms with Gasteiger partial charge in [-0.25, -0.2) is 4.79 Å². The van der Waals surface area contributed by atoms with Gasteiger partial charge in [-0.2, -0.15) is 4.99 Å². The van der Waals surface area contributed by atoms with Gasteiger partial charge in [0.1, 0.15) is 0 Å². The molecule has 1 aromatic rings. The molecule has 0 saturated carbocycles. The van der Waals surface area contributed by atoms with Crippen LogP contribution in [0.3, 0.4) is 0 Å². The van der Waals surface area contributed by atoms with E-state index in [4.69, 9.17) is 11.6 Å². The number of carbonyl (C=O) groups excluding carboxylic acids is 2. The van der Waals surface area contributed by atoms with Crippen LogP contribution in [0.5, 0.6) is 0 Å². The highest BCUT2D eigenvalue weighted by atomic mass is 35.5. The largest absolute Gasteiger partial charge is 0.340 e. The van der Waals surface area contributed by atoms with Gasteiger partial charge in [0, 0.05) is 26.2 Å². The van der Waals surface area contributed by atoms with E-state index in [1.165, 1.54) is 6.08 Å². The van der Waals surface area contributed by atoms with Crippen molar-refractivity contribution in [2.45, 2.75) is 13.3 Å². The Morgan fingerprint density at radius 1 is 1.33 bits per heavy atom. The molecule has 1 aromatic carbocycles. The molecule has 1 aliphatic rings. The maximum absolute atomic E-state index is 12.3. The molecule has 0 spiro atoms. The number of isocyanates is 1. The fourth-order valence-corrected chi connectivity index (χ4v) is 2.77. The van der Waals surface area contributed by atoms with Gasteiger partial charge >= 0.3 is 0 Å². The summed E-state index contributed by atoms with van der Waals surface area (Å²) >= 11 is 6.10. The van der Waals surface area contributed by atoms with E-state index in [-0.39, 0.29) is 5.91 Å². The lowest BCUT2D eigenvalue weighted by Crippen LogP contribution is -2.47. The highest BCUT2D eigenvalue weighted by molar-refractivity contribution is 6.33. The predicted octanol–water partition coefficient (Wildman–Crippen LogP) is 1.93. The molecule has 0 atom stereocenters. The minimum Gasteiger partial charge on any atom is -0.340 e. The van der Waals surface area contributed by atoms with Gasteiger partial charge in [-0.3, -0.25) is 4.79 Å². The van der Waals surface area contributed by atoms with Crippen LogP contribution in [0.4, 0.5) is 5.69 Å². The van der Waals surface area contributed by atoms with Gasteiger partial charge in [-0.05, 0) is 31.2 Å². The van der Waals surface area contributed by atoms with Gasteiger partial charge in [0.2, 0.25) is 12.0 Å². The number of aryl methyl sites for hydroxylation is 1. The number of likely N-dealkylation sites (N-methyl/N-ethyl adjacent to an activating group) is 1. The van der Waals surface area contributed by atoms with Gasteiger partial charge in [0.25, 0.3) is 0 Å². The molecule has 2 rings (SSSR count). The first-order valence-electron chi connectivity index (χ1n) is 6.84. The highest BCUT2D eigenvalue weighted by Crippen LogP contribution is 2.30. The molecule has 1 fully saturated rings. The van der Waals surface area contributed by atoms with Crippen LogP contribution in [0.25, 0.3) is 0 Å². The molecule has 1 amide bonds. The number of hydrogen-bond acceptors (Lipinski definition) is 4. The normalized spacial score (nSPS) is 15.7. The molecule has 0 bridgehead atoms. The lowest BCUT2D eigenvalue weighted by Gasteiger charge is -2.32. The molecule has 21 heavy (non-hydrogen) atoms. The third kappa shape index (κ3) is 3.91. The van der Waals surface area contributed by atoms with Crippen molar-refractivity contribution in [3.63, 3.8) is 0 Å². The number of aliphatic imine (C=N–C) groups is 1. The van der Waals surface area contributed by atoms with Crippen LogP contribution in [0.1, 0.15) is 11.1 Å². The summed E-state index contributed by atoms with van der Waals surface area (Å²) in [5.41, 5.74) is 2.03. The average molecular weight is 308 g/mol. The number of halogens is 1. The van der Waals surface area contributed by atoms with Crippen LogP contribution in [-0.4, -0.2) is 55.0 Å². The molecule has 0 unspecified atom stereocenters. The molecule has 0 radical (unpaired) electrons. The number of hydrogen-bond donors (Lipinski definition) is 0. The van der Waals surface area contributed by atoms with Gasteiger partial charge in [0.05, 0.1) is 17.1 Å². The zero-order chi connectivity index (χ0) is 15.4. The summed E-state index contributed by atoms with van der Waals surface area (Å²) in [4.78, 5) is 30.3. The molecule has 0 aromatic heterocycles. The fraction of sp³-hybridized carbons (Fsp3) is 0.467. The third-order valence-electron chi connectivity index (χ3n) is 3.68. The number of benzene rings is 1. The Labute approximate surface area is 129 Å². The van der Waals surface area contributed by atoms with Gasteiger partial charge in [-0.1, -0.05) is 17.7 Å². The summed E-state index contributed by atoms with van der Waals surface area (Å²) in [5, 5.41) is 0.375. The molecular formula is C15H18ClN3O2. The standard InChI is InChI=1S/C15H18ClN3O2/c1-11-7-12(8-13(16)15(11)17-10-20)9-14(21)19-5-3-18(2)4-6-19/h7-8H,3-6,9H2,1-2H3. The molecule has 112 valence electrons. The summed E-state index contributed by atoms with van der Waals surface area (Å²) < 4.78 is 0. The summed E-state index contributed by atoms with van der Waals surface area (Å²) in [6, 6.07) is 3.54. The Morgan fingerprint density at radius 3 is 2.57 bits per heavy atom. The first kappa shape index (κ1) is 15.7. The van der Waals surface area contributed by atoms with Crippen LogP contribution in [0, 0.1) is 6.92 Å². The molecular weight excluding hydrogens is 290 g/mol. The SMILES string of the molecule is Cc1cc(CC(=O)N2CCN(C)CC2)cc(Cl)c1N=C=O. The Kier molecular flexibility index (Phi) is 5.12. The molecule has 0 aliphatic carbocycles. The van der Waals surface area contributed by atoms with E-state index in [0.29, 0.717) is 17.1 Å². The molecule has 1 aliphatic heterocycles. The smallest absolute Gasteiger partial charge is 0.240 e. The lowest BCUT2D eigenvalue weighted by molar-refractivity contribution is -0.132. The Morgan fingerprint density at radius 2 is 2.00 bits per heavy atom. The molecule has 0 N–H and O–H groups in total. The molecule has 6 heteroatoms. The van der Waals surface area contributed by atoms with Crippen LogP contribution < -0.4 is 0 Å². The van der Waals surface area contributed by atoms with E-state index < -0.39 is 0 Å². The van der Waals surface area contributed by atoms with E-state index >= 15 is 0 Å². The summed E-state index contributed by atoms with van der Waals surface area (Å²) in [7, 11) is 2.05. The van der Waals surface area contributed by atoms with Gasteiger partial charge < -0.3 is 9.80 Å². The highest BCUT2D eigenvalue weighted by Gasteiger charge is 2.19. The van der Waals surface area contributed by atoms with Gasteiger partial charge in [-0.15, -0.1) is 0 Å². The minimum atomic E-state index is 0.102. The maximum Gasteiger partial charge on any atom is 0.240 e. The van der Waals surface area contributed by atoms with Crippen molar-refractivity contribution in [1.82, 2.24) is 9.80 Å². The molecule has 1 heterocycles. The maximum atomic E-state index is 12.3. The summed E-state index contributed by atoms with van der Waals surface area (Å²) in [6.07, 6.45) is 1.81. The van der Waals surface area contributed by atoms with Gasteiger partial charge in [0.15, 0.2) is 0 Å². The van der Waals surface area contributed by atoms with E-state index in [9.17, 15) is 9.59 Å². The number of rotatable bonds is 3. The van der Waals surface area contributed by atoms with Crippen LogP contribution in [0.15, 0.2) is 17.1 Å². The second-order valence-electron chi connectivity index (χ2n) is 5.31. The van der Waals surface area contributed by atoms with E-state index in [1.807, 2.05) is 17.9 Å². The second kappa shape index (κ2) is 6.85. The van der Waals surface area contributed by atoms with Crippen molar-refractivity contribution < 1.29 is 9.59 Å². The van der Waals surface area contributed by atoms with Crippen LogP contribution >= 0.6 is 11.6 Å².